The fraction of sp³-hybridized carbons (Fsp3) is 0.667. The maximum Gasteiger partial charge on any atom is 0.461 e. The van der Waals surface area contributed by atoms with Gasteiger partial charge >= 0.3 is 7.12 Å². The number of hydrogen-bond donors (Lipinski definition) is 0. The molecule has 0 saturated carbocycles. The van der Waals surface area contributed by atoms with E-state index in [0.717, 1.165) is 12.7 Å². The van der Waals surface area contributed by atoms with Crippen molar-refractivity contribution in [3.05, 3.63) is 24.8 Å². The quantitative estimate of drug-likeness (QED) is 0.521. The molecule has 1 rings (SSSR count). The first-order valence-corrected chi connectivity index (χ1v) is 5.50. The van der Waals surface area contributed by atoms with Crippen molar-refractivity contribution in [3.8, 4) is 0 Å². The van der Waals surface area contributed by atoms with E-state index in [1.807, 2.05) is 6.08 Å². The standard InChI is InChI=1S/C12H21BO2/c1-6-7-8-9-10-13-14-11(2,3)12(4,5)15-13/h6,8-9H,1,7,10H2,2-5H3/b9-8+. The Balaban J connectivity index is 2.45. The second-order valence-electron chi connectivity index (χ2n) is 4.92. The van der Waals surface area contributed by atoms with E-state index in [1.165, 1.54) is 0 Å². The summed E-state index contributed by atoms with van der Waals surface area (Å²) in [5, 5.41) is 0. The Morgan fingerprint density at radius 2 is 1.60 bits per heavy atom. The maximum atomic E-state index is 5.84. The zero-order valence-electron chi connectivity index (χ0n) is 10.2. The van der Waals surface area contributed by atoms with Crippen molar-refractivity contribution < 1.29 is 9.31 Å². The van der Waals surface area contributed by atoms with Crippen LogP contribution in [-0.4, -0.2) is 18.3 Å². The molecule has 0 amide bonds. The van der Waals surface area contributed by atoms with Crippen LogP contribution in [0.1, 0.15) is 34.1 Å². The Morgan fingerprint density at radius 1 is 1.07 bits per heavy atom. The monoisotopic (exact) mass is 208 g/mol. The van der Waals surface area contributed by atoms with Crippen LogP contribution < -0.4 is 0 Å². The Hall–Kier alpha value is -0.535. The zero-order valence-corrected chi connectivity index (χ0v) is 10.2. The predicted molar refractivity (Wildman–Crippen MR) is 64.8 cm³/mol. The van der Waals surface area contributed by atoms with E-state index >= 15 is 0 Å². The van der Waals surface area contributed by atoms with E-state index in [2.05, 4.69) is 46.4 Å². The zero-order chi connectivity index (χ0) is 11.5. The molecule has 1 aliphatic rings. The third-order valence-electron chi connectivity index (χ3n) is 3.10. The minimum atomic E-state index is -0.218. The molecule has 0 unspecified atom stereocenters. The summed E-state index contributed by atoms with van der Waals surface area (Å²) >= 11 is 0. The summed E-state index contributed by atoms with van der Waals surface area (Å²) < 4.78 is 11.7. The number of allylic oxidation sites excluding steroid dienone is 3. The summed E-state index contributed by atoms with van der Waals surface area (Å²) in [6, 6.07) is 0. The Bertz CT molecular complexity index is 240. The fourth-order valence-corrected chi connectivity index (χ4v) is 1.46. The van der Waals surface area contributed by atoms with Crippen molar-refractivity contribution in [2.75, 3.05) is 0 Å². The van der Waals surface area contributed by atoms with Crippen LogP contribution in [0.15, 0.2) is 24.8 Å². The highest BCUT2D eigenvalue weighted by molar-refractivity contribution is 6.46. The molecule has 0 atom stereocenters. The van der Waals surface area contributed by atoms with Crippen LogP contribution in [0.4, 0.5) is 0 Å². The first kappa shape index (κ1) is 12.5. The molecular formula is C12H21BO2. The van der Waals surface area contributed by atoms with Crippen LogP contribution in [-0.2, 0) is 9.31 Å². The van der Waals surface area contributed by atoms with Crippen molar-refractivity contribution >= 4 is 7.12 Å². The summed E-state index contributed by atoms with van der Waals surface area (Å²) in [5.74, 6) is 0. The van der Waals surface area contributed by atoms with Crippen LogP contribution in [0.3, 0.4) is 0 Å². The maximum absolute atomic E-state index is 5.84. The summed E-state index contributed by atoms with van der Waals surface area (Å²) in [7, 11) is -0.115. The highest BCUT2D eigenvalue weighted by atomic mass is 16.7. The molecule has 0 N–H and O–H groups in total. The summed E-state index contributed by atoms with van der Waals surface area (Å²) in [5.41, 5.74) is -0.437. The molecule has 1 fully saturated rings. The SMILES string of the molecule is C=CC/C=C/CB1OC(C)(C)C(C)(C)O1. The van der Waals surface area contributed by atoms with Crippen molar-refractivity contribution in [1.82, 2.24) is 0 Å². The molecule has 84 valence electrons. The summed E-state index contributed by atoms with van der Waals surface area (Å²) in [4.78, 5) is 0. The molecule has 1 saturated heterocycles. The van der Waals surface area contributed by atoms with Crippen LogP contribution in [0.2, 0.25) is 6.32 Å². The van der Waals surface area contributed by atoms with Gasteiger partial charge in [0.25, 0.3) is 0 Å². The number of rotatable bonds is 4. The average Bonchev–Trinajstić information content (AvgIpc) is 2.30. The minimum absolute atomic E-state index is 0.115. The lowest BCUT2D eigenvalue weighted by Crippen LogP contribution is -2.41. The molecular weight excluding hydrogens is 187 g/mol. The van der Waals surface area contributed by atoms with Gasteiger partial charge in [-0.25, -0.2) is 0 Å². The van der Waals surface area contributed by atoms with E-state index in [9.17, 15) is 0 Å². The van der Waals surface area contributed by atoms with Crippen molar-refractivity contribution in [1.29, 1.82) is 0 Å². The van der Waals surface area contributed by atoms with Crippen LogP contribution in [0.5, 0.6) is 0 Å². The largest absolute Gasteiger partial charge is 0.461 e. The fourth-order valence-electron chi connectivity index (χ4n) is 1.46. The van der Waals surface area contributed by atoms with Gasteiger partial charge in [0.1, 0.15) is 0 Å². The normalized spacial score (nSPS) is 23.6. The summed E-state index contributed by atoms with van der Waals surface area (Å²) in [6.45, 7) is 11.9. The molecule has 1 aliphatic heterocycles. The van der Waals surface area contributed by atoms with E-state index in [-0.39, 0.29) is 18.3 Å². The van der Waals surface area contributed by atoms with Gasteiger partial charge < -0.3 is 9.31 Å². The lowest BCUT2D eigenvalue weighted by Gasteiger charge is -2.32. The van der Waals surface area contributed by atoms with Crippen molar-refractivity contribution in [2.45, 2.75) is 51.6 Å². The Kier molecular flexibility index (Phi) is 3.79. The second kappa shape index (κ2) is 4.54. The molecule has 15 heavy (non-hydrogen) atoms. The first-order valence-electron chi connectivity index (χ1n) is 5.50. The van der Waals surface area contributed by atoms with E-state index in [0.29, 0.717) is 0 Å². The molecule has 0 spiro atoms. The van der Waals surface area contributed by atoms with Crippen LogP contribution >= 0.6 is 0 Å². The van der Waals surface area contributed by atoms with Gasteiger partial charge in [0.2, 0.25) is 0 Å². The van der Waals surface area contributed by atoms with Gasteiger partial charge in [0, 0.05) is 6.32 Å². The molecule has 0 aromatic heterocycles. The first-order chi connectivity index (χ1) is 6.89. The molecule has 0 aromatic rings. The van der Waals surface area contributed by atoms with Gasteiger partial charge in [-0.15, -0.1) is 6.58 Å². The minimum Gasteiger partial charge on any atom is -0.403 e. The lowest BCUT2D eigenvalue weighted by molar-refractivity contribution is 0.00578. The third-order valence-corrected chi connectivity index (χ3v) is 3.10. The van der Waals surface area contributed by atoms with Gasteiger partial charge in [-0.3, -0.25) is 0 Å². The average molecular weight is 208 g/mol. The van der Waals surface area contributed by atoms with Crippen LogP contribution in [0, 0.1) is 0 Å². The summed E-state index contributed by atoms with van der Waals surface area (Å²) in [6.07, 6.45) is 7.75. The smallest absolute Gasteiger partial charge is 0.403 e. The van der Waals surface area contributed by atoms with Crippen LogP contribution in [0.25, 0.3) is 0 Å². The molecule has 0 bridgehead atoms. The van der Waals surface area contributed by atoms with Gasteiger partial charge in [0.15, 0.2) is 0 Å². The van der Waals surface area contributed by atoms with Gasteiger partial charge in [0.05, 0.1) is 11.2 Å². The molecule has 0 aromatic carbocycles. The Morgan fingerprint density at radius 3 is 2.07 bits per heavy atom. The highest BCUT2D eigenvalue weighted by Crippen LogP contribution is 2.37. The third kappa shape index (κ3) is 2.96. The molecule has 2 nitrogen and oxygen atoms in total. The molecule has 1 heterocycles. The van der Waals surface area contributed by atoms with Gasteiger partial charge in [-0.2, -0.15) is 0 Å². The highest BCUT2D eigenvalue weighted by Gasteiger charge is 2.50. The van der Waals surface area contributed by atoms with E-state index < -0.39 is 0 Å². The molecule has 0 aliphatic carbocycles. The topological polar surface area (TPSA) is 18.5 Å². The van der Waals surface area contributed by atoms with Gasteiger partial charge in [-0.05, 0) is 34.1 Å². The van der Waals surface area contributed by atoms with E-state index in [4.69, 9.17) is 9.31 Å². The van der Waals surface area contributed by atoms with E-state index in [1.54, 1.807) is 0 Å². The molecule has 0 radical (unpaired) electrons. The van der Waals surface area contributed by atoms with Crippen molar-refractivity contribution in [3.63, 3.8) is 0 Å². The van der Waals surface area contributed by atoms with Gasteiger partial charge in [-0.1, -0.05) is 18.2 Å². The van der Waals surface area contributed by atoms with Crippen molar-refractivity contribution in [2.24, 2.45) is 0 Å². The molecule has 3 heteroatoms. The predicted octanol–water partition coefficient (Wildman–Crippen LogP) is 3.21. The lowest BCUT2D eigenvalue weighted by atomic mass is 9.85. The Labute approximate surface area is 93.5 Å². The number of hydrogen-bond acceptors (Lipinski definition) is 2. The second-order valence-corrected chi connectivity index (χ2v) is 4.92.